The lowest BCUT2D eigenvalue weighted by molar-refractivity contribution is -0.165. The number of nitrogens with zero attached hydrogens (tertiary/aromatic N) is 6. The van der Waals surface area contributed by atoms with E-state index in [1.165, 1.54) is 31.8 Å². The molecule has 3 aromatic heterocycles. The molecule has 0 bridgehead atoms. The number of fused-ring (bicyclic) bond motifs is 1. The highest BCUT2D eigenvalue weighted by Gasteiger charge is 2.66. The summed E-state index contributed by atoms with van der Waals surface area (Å²) in [6.07, 6.45) is -0.551. The lowest BCUT2D eigenvalue weighted by Gasteiger charge is -2.14. The van der Waals surface area contributed by atoms with Gasteiger partial charge in [-0.15, -0.1) is 0 Å². The number of carbonyl (C=O) groups is 1. The summed E-state index contributed by atoms with van der Waals surface area (Å²) >= 11 is 0. The third-order valence-electron chi connectivity index (χ3n) is 7.11. The topological polar surface area (TPSA) is 130 Å². The van der Waals surface area contributed by atoms with E-state index in [0.717, 1.165) is 6.07 Å². The van der Waals surface area contributed by atoms with Crippen molar-refractivity contribution in [3.05, 3.63) is 72.4 Å². The van der Waals surface area contributed by atoms with Crippen molar-refractivity contribution >= 4 is 22.8 Å². The number of halogens is 4. The Morgan fingerprint density at radius 2 is 1.95 bits per heavy atom. The highest BCUT2D eigenvalue weighted by molar-refractivity contribution is 5.91. The van der Waals surface area contributed by atoms with Crippen molar-refractivity contribution in [2.75, 3.05) is 19.0 Å². The van der Waals surface area contributed by atoms with Crippen LogP contribution in [-0.2, 0) is 23.2 Å². The van der Waals surface area contributed by atoms with Crippen LogP contribution in [0.1, 0.15) is 24.2 Å². The molecule has 1 saturated carbocycles. The first-order valence-electron chi connectivity index (χ1n) is 13.1. The zero-order valence-corrected chi connectivity index (χ0v) is 22.6. The molecule has 3 heterocycles. The molecular formula is C28H23F4N7O4. The van der Waals surface area contributed by atoms with Gasteiger partial charge in [-0.3, -0.25) is 9.78 Å². The summed E-state index contributed by atoms with van der Waals surface area (Å²) in [7, 11) is 1.50. The first-order valence-corrected chi connectivity index (χ1v) is 13.1. The van der Waals surface area contributed by atoms with Gasteiger partial charge in [-0.1, -0.05) is 17.3 Å². The quantitative estimate of drug-likeness (QED) is 0.224. The Balaban J connectivity index is 1.13. The number of carbonyl (C=O) groups excluding carboxylic acids is 1. The van der Waals surface area contributed by atoms with Crippen molar-refractivity contribution in [1.29, 1.82) is 0 Å². The zero-order valence-electron chi connectivity index (χ0n) is 22.6. The molecule has 1 N–H and O–H groups in total. The van der Waals surface area contributed by atoms with Crippen molar-refractivity contribution in [1.82, 2.24) is 29.9 Å². The molecule has 0 atom stereocenters. The molecule has 0 unspecified atom stereocenters. The number of alkyl halides is 3. The van der Waals surface area contributed by atoms with Gasteiger partial charge >= 0.3 is 6.18 Å². The maximum atomic E-state index is 15.0. The number of hydrogen-bond donors (Lipinski definition) is 1. The number of rotatable bonds is 10. The van der Waals surface area contributed by atoms with E-state index in [4.69, 9.17) is 14.0 Å². The predicted molar refractivity (Wildman–Crippen MR) is 143 cm³/mol. The van der Waals surface area contributed by atoms with Crippen LogP contribution in [0.15, 0.2) is 59.8 Å². The normalized spacial score (nSPS) is 14.1. The molecule has 15 heteroatoms. The Morgan fingerprint density at radius 1 is 1.14 bits per heavy atom. The van der Waals surface area contributed by atoms with Crippen LogP contribution in [0.4, 0.5) is 23.4 Å². The van der Waals surface area contributed by atoms with E-state index in [1.54, 1.807) is 29.2 Å². The number of nitrogens with one attached hydrogen (secondary N) is 1. The molecule has 11 nitrogen and oxygen atoms in total. The largest absolute Gasteiger partial charge is 0.493 e. The molecular weight excluding hydrogens is 574 g/mol. The second-order valence-corrected chi connectivity index (χ2v) is 9.94. The van der Waals surface area contributed by atoms with E-state index < -0.39 is 23.3 Å². The van der Waals surface area contributed by atoms with Crippen molar-refractivity contribution in [2.45, 2.75) is 37.4 Å². The van der Waals surface area contributed by atoms with Gasteiger partial charge < -0.3 is 19.3 Å². The van der Waals surface area contributed by atoms with E-state index in [1.807, 2.05) is 0 Å². The fourth-order valence-corrected chi connectivity index (χ4v) is 4.59. The summed E-state index contributed by atoms with van der Waals surface area (Å²) in [5.41, 5.74) is -0.150. The third-order valence-corrected chi connectivity index (χ3v) is 7.11. The zero-order chi connectivity index (χ0) is 30.2. The average molecular weight is 598 g/mol. The van der Waals surface area contributed by atoms with Crippen molar-refractivity contribution < 1.29 is 36.4 Å². The first kappa shape index (κ1) is 28.1. The summed E-state index contributed by atoms with van der Waals surface area (Å²) in [6, 6.07) is 8.67. The van der Waals surface area contributed by atoms with E-state index in [-0.39, 0.29) is 36.4 Å². The van der Waals surface area contributed by atoms with Crippen LogP contribution in [0.3, 0.4) is 0 Å². The lowest BCUT2D eigenvalue weighted by Crippen LogP contribution is -2.28. The highest BCUT2D eigenvalue weighted by Crippen LogP contribution is 2.59. The Labute approximate surface area is 240 Å². The van der Waals surface area contributed by atoms with Crippen LogP contribution in [-0.4, -0.2) is 55.7 Å². The van der Waals surface area contributed by atoms with Gasteiger partial charge in [-0.2, -0.15) is 18.3 Å². The van der Waals surface area contributed by atoms with Crippen molar-refractivity contribution in [3.8, 4) is 22.8 Å². The van der Waals surface area contributed by atoms with Gasteiger partial charge in [-0.25, -0.2) is 19.0 Å². The third kappa shape index (κ3) is 5.69. The molecule has 0 aliphatic heterocycles. The van der Waals surface area contributed by atoms with Gasteiger partial charge in [0.15, 0.2) is 23.1 Å². The number of amides is 1. The number of benzene rings is 2. The minimum Gasteiger partial charge on any atom is -0.493 e. The fourth-order valence-electron chi connectivity index (χ4n) is 4.59. The van der Waals surface area contributed by atoms with Gasteiger partial charge in [-0.05, 0) is 24.5 Å². The van der Waals surface area contributed by atoms with Crippen LogP contribution in [0.25, 0.3) is 22.3 Å². The number of hydrogen-bond acceptors (Lipinski definition) is 9. The van der Waals surface area contributed by atoms with Crippen LogP contribution in [0, 0.1) is 5.82 Å². The summed E-state index contributed by atoms with van der Waals surface area (Å²) in [5.74, 6) is -0.946. The smallest absolute Gasteiger partial charge is 0.401 e. The molecule has 43 heavy (non-hydrogen) atoms. The van der Waals surface area contributed by atoms with Crippen LogP contribution >= 0.6 is 0 Å². The lowest BCUT2D eigenvalue weighted by atomic mass is 10.0. The van der Waals surface area contributed by atoms with E-state index in [9.17, 15) is 18.0 Å². The molecule has 0 radical (unpaired) electrons. The molecule has 6 rings (SSSR count). The molecule has 1 amide bonds. The monoisotopic (exact) mass is 597 g/mol. The minimum atomic E-state index is -4.48. The fraction of sp³-hybridized carbons (Fsp3) is 0.286. The molecule has 1 fully saturated rings. The Bertz CT molecular complexity index is 1790. The Hall–Kier alpha value is -5.08. The summed E-state index contributed by atoms with van der Waals surface area (Å²) in [4.78, 5) is 25.4. The van der Waals surface area contributed by atoms with E-state index in [0.29, 0.717) is 46.9 Å². The van der Waals surface area contributed by atoms with Crippen molar-refractivity contribution in [3.63, 3.8) is 0 Å². The SMILES string of the molecule is COc1cc2nc(-c3ccc(CC(=O)Nc4cc(C5(C(F)(F)F)CC5)on4)c(F)c3)cnc2cc1OCCn1cncn1. The number of anilines is 1. The second kappa shape index (κ2) is 11.0. The van der Waals surface area contributed by atoms with Gasteiger partial charge in [0, 0.05) is 23.8 Å². The second-order valence-electron chi connectivity index (χ2n) is 9.94. The molecule has 1 aliphatic rings. The summed E-state index contributed by atoms with van der Waals surface area (Å²) in [5, 5.41) is 9.91. The van der Waals surface area contributed by atoms with E-state index >= 15 is 4.39 Å². The van der Waals surface area contributed by atoms with E-state index in [2.05, 4.69) is 30.5 Å². The van der Waals surface area contributed by atoms with Gasteiger partial charge in [0.2, 0.25) is 5.91 Å². The molecule has 2 aromatic carbocycles. The molecule has 5 aromatic rings. The maximum absolute atomic E-state index is 15.0. The minimum absolute atomic E-state index is 0.0713. The highest BCUT2D eigenvalue weighted by atomic mass is 19.4. The number of ether oxygens (including phenoxy) is 2. The first-order chi connectivity index (χ1) is 20.6. The summed E-state index contributed by atoms with van der Waals surface area (Å²) < 4.78 is 72.7. The van der Waals surface area contributed by atoms with Crippen LogP contribution < -0.4 is 14.8 Å². The van der Waals surface area contributed by atoms with Gasteiger partial charge in [0.05, 0.1) is 43.0 Å². The van der Waals surface area contributed by atoms with Crippen molar-refractivity contribution in [2.24, 2.45) is 0 Å². The molecule has 0 spiro atoms. The maximum Gasteiger partial charge on any atom is 0.401 e. The van der Waals surface area contributed by atoms with Gasteiger partial charge in [0.25, 0.3) is 0 Å². The predicted octanol–water partition coefficient (Wildman–Crippen LogP) is 4.88. The molecule has 0 saturated heterocycles. The standard InChI is InChI=1S/C28H23F4N7O4/c1-41-22-11-20-19(10-23(22)42-7-6-39-15-33-14-35-39)34-13-21(36-20)17-3-2-16(18(29)8-17)9-26(40)37-25-12-24(43-38-25)27(4-5-27)28(30,31)32/h2-3,8,10-15H,4-7,9H2,1H3,(H,37,38,40). The Kier molecular flexibility index (Phi) is 7.15. The Morgan fingerprint density at radius 3 is 2.65 bits per heavy atom. The van der Waals surface area contributed by atoms with Crippen LogP contribution in [0.5, 0.6) is 11.5 Å². The number of methoxy groups -OCH3 is 1. The van der Waals surface area contributed by atoms with Crippen LogP contribution in [0.2, 0.25) is 0 Å². The number of aromatic nitrogens is 6. The van der Waals surface area contributed by atoms with Gasteiger partial charge in [0.1, 0.15) is 30.5 Å². The molecule has 222 valence electrons. The average Bonchev–Trinajstić information content (AvgIpc) is 3.40. The summed E-state index contributed by atoms with van der Waals surface area (Å²) in [6.45, 7) is 0.803. The molecule has 1 aliphatic carbocycles.